The Morgan fingerprint density at radius 1 is 0.889 bits per heavy atom. The number of nitrogens with one attached hydrogen (secondary N) is 1. The lowest BCUT2D eigenvalue weighted by Crippen LogP contribution is -2.50. The second kappa shape index (κ2) is 11.4. The van der Waals surface area contributed by atoms with E-state index in [1.54, 1.807) is 24.3 Å². The topological polar surface area (TPSA) is 72.5 Å². The van der Waals surface area contributed by atoms with Crippen molar-refractivity contribution in [3.8, 4) is 0 Å². The molecule has 8 heteroatoms. The molecule has 0 spiro atoms. The van der Waals surface area contributed by atoms with Gasteiger partial charge in [0, 0.05) is 4.90 Å². The summed E-state index contributed by atoms with van der Waals surface area (Å²) in [4.78, 5) is 14.6. The minimum Gasteiger partial charge on any atom is -0.408 e. The van der Waals surface area contributed by atoms with Gasteiger partial charge in [0.1, 0.15) is 6.04 Å². The van der Waals surface area contributed by atoms with Crippen molar-refractivity contribution in [3.63, 3.8) is 0 Å². The maximum atomic E-state index is 13.8. The number of hydrogen-bond donors (Lipinski definition) is 1. The second-order valence-electron chi connectivity index (χ2n) is 10.4. The van der Waals surface area contributed by atoms with Crippen molar-refractivity contribution < 1.29 is 17.6 Å². The van der Waals surface area contributed by atoms with E-state index in [9.17, 15) is 13.2 Å². The molecule has 36 heavy (non-hydrogen) atoms. The van der Waals surface area contributed by atoms with Crippen LogP contribution in [0, 0.1) is 6.92 Å². The minimum atomic E-state index is -4.01. The molecule has 0 radical (unpaired) electrons. The van der Waals surface area contributed by atoms with Gasteiger partial charge in [0.05, 0.1) is 11.0 Å². The molecule has 3 aromatic rings. The highest BCUT2D eigenvalue weighted by Gasteiger charge is 2.44. The Morgan fingerprint density at radius 2 is 1.42 bits per heavy atom. The van der Waals surface area contributed by atoms with Gasteiger partial charge < -0.3 is 4.43 Å². The first-order valence-corrected chi connectivity index (χ1v) is 17.1. The monoisotopic (exact) mass is 541 g/mol. The molecule has 0 amide bonds. The maximum Gasteiger partial charge on any atom is 0.241 e. The predicted octanol–water partition coefficient (Wildman–Crippen LogP) is 6.72. The Balaban J connectivity index is 2.09. The third kappa shape index (κ3) is 7.17. The third-order valence-corrected chi connectivity index (χ3v) is 13.4. The van der Waals surface area contributed by atoms with Crippen LogP contribution >= 0.6 is 11.8 Å². The van der Waals surface area contributed by atoms with Crippen LogP contribution in [0.25, 0.3) is 0 Å². The van der Waals surface area contributed by atoms with Crippen LogP contribution in [-0.4, -0.2) is 27.9 Å². The van der Waals surface area contributed by atoms with Gasteiger partial charge in [0.2, 0.25) is 15.1 Å². The Bertz CT molecular complexity index is 1260. The van der Waals surface area contributed by atoms with Gasteiger partial charge in [-0.05, 0) is 54.9 Å². The second-order valence-corrected chi connectivity index (χ2v) is 17.9. The van der Waals surface area contributed by atoms with E-state index >= 15 is 0 Å². The van der Waals surface area contributed by atoms with Crippen molar-refractivity contribution in [3.05, 3.63) is 96.1 Å². The summed E-state index contributed by atoms with van der Waals surface area (Å²) < 4.78 is 36.5. The van der Waals surface area contributed by atoms with Crippen molar-refractivity contribution in [2.45, 2.75) is 67.8 Å². The van der Waals surface area contributed by atoms with E-state index in [1.165, 1.54) is 0 Å². The van der Waals surface area contributed by atoms with Crippen LogP contribution < -0.4 is 4.72 Å². The van der Waals surface area contributed by atoms with Gasteiger partial charge in [-0.3, -0.25) is 4.79 Å². The van der Waals surface area contributed by atoms with Crippen molar-refractivity contribution in [1.82, 2.24) is 4.72 Å². The summed E-state index contributed by atoms with van der Waals surface area (Å²) in [6.07, 6.45) is -0.795. The summed E-state index contributed by atoms with van der Waals surface area (Å²) in [6.45, 7) is 12.5. The first-order valence-electron chi connectivity index (χ1n) is 11.9. The van der Waals surface area contributed by atoms with Crippen molar-refractivity contribution in [2.24, 2.45) is 0 Å². The van der Waals surface area contributed by atoms with Crippen molar-refractivity contribution >= 4 is 35.2 Å². The largest absolute Gasteiger partial charge is 0.408 e. The number of sulfonamides is 1. The SMILES string of the molecule is Cc1ccc(S(=O)(=O)N[C@@H](C(=O)Sc2ccccc2)[C@@H](O[Si](C)(C)C(C)(C)C)c2ccccc2)cc1. The number of benzene rings is 3. The molecule has 0 aliphatic heterocycles. The lowest BCUT2D eigenvalue weighted by atomic mass is 10.0. The molecule has 3 rings (SSSR count). The summed E-state index contributed by atoms with van der Waals surface area (Å²) in [6, 6.07) is 24.1. The van der Waals surface area contributed by atoms with Gasteiger partial charge in [0.25, 0.3) is 0 Å². The molecule has 0 aromatic heterocycles. The minimum absolute atomic E-state index is 0.106. The fraction of sp³-hybridized carbons (Fsp3) is 0.321. The quantitative estimate of drug-likeness (QED) is 0.240. The van der Waals surface area contributed by atoms with Crippen LogP contribution in [0.2, 0.25) is 18.1 Å². The van der Waals surface area contributed by atoms with E-state index in [1.807, 2.05) is 67.6 Å². The van der Waals surface area contributed by atoms with E-state index in [4.69, 9.17) is 4.43 Å². The van der Waals surface area contributed by atoms with Gasteiger partial charge >= 0.3 is 0 Å². The molecule has 0 bridgehead atoms. The third-order valence-electron chi connectivity index (χ3n) is 6.49. The highest BCUT2D eigenvalue weighted by atomic mass is 32.2. The van der Waals surface area contributed by atoms with E-state index in [0.29, 0.717) is 0 Å². The maximum absolute atomic E-state index is 13.8. The first kappa shape index (κ1) is 28.3. The summed E-state index contributed by atoms with van der Waals surface area (Å²) in [5, 5.41) is -0.472. The Labute approximate surface area is 220 Å². The molecular weight excluding hydrogens is 507 g/mol. The fourth-order valence-corrected chi connectivity index (χ4v) is 6.69. The summed E-state index contributed by atoms with van der Waals surface area (Å²) >= 11 is 1.02. The standard InChI is InChI=1S/C28H35NO4S2Si/c1-21-17-19-24(20-18-21)35(31,32)29-25(27(30)34-23-15-11-8-12-16-23)26(22-13-9-7-10-14-22)33-36(5,6)28(2,3)4/h7-20,25-26,29H,1-6H3/t25-,26+/m1/s1. The number of thioether (sulfide) groups is 1. The smallest absolute Gasteiger partial charge is 0.241 e. The molecule has 0 saturated heterocycles. The van der Waals surface area contributed by atoms with Crippen LogP contribution in [0.4, 0.5) is 0 Å². The molecular formula is C28H35NO4S2Si. The van der Waals surface area contributed by atoms with Crippen molar-refractivity contribution in [1.29, 1.82) is 0 Å². The number of aryl methyl sites for hydroxylation is 1. The highest BCUT2D eigenvalue weighted by Crippen LogP contribution is 2.41. The van der Waals surface area contributed by atoms with Crippen LogP contribution in [0.3, 0.4) is 0 Å². The van der Waals surface area contributed by atoms with E-state index in [2.05, 4.69) is 38.6 Å². The molecule has 1 N–H and O–H groups in total. The van der Waals surface area contributed by atoms with E-state index < -0.39 is 30.5 Å². The van der Waals surface area contributed by atoms with Gasteiger partial charge in [-0.25, -0.2) is 8.42 Å². The number of rotatable bonds is 9. The first-order chi connectivity index (χ1) is 16.8. The van der Waals surface area contributed by atoms with Gasteiger partial charge in [-0.2, -0.15) is 4.72 Å². The molecule has 0 aliphatic carbocycles. The molecule has 0 saturated carbocycles. The summed E-state index contributed by atoms with van der Waals surface area (Å²) in [7, 11) is -6.42. The zero-order valence-electron chi connectivity index (χ0n) is 21.7. The zero-order chi connectivity index (χ0) is 26.6. The van der Waals surface area contributed by atoms with Crippen LogP contribution in [0.5, 0.6) is 0 Å². The average molecular weight is 542 g/mol. The van der Waals surface area contributed by atoms with E-state index in [-0.39, 0.29) is 15.0 Å². The summed E-state index contributed by atoms with van der Waals surface area (Å²) in [5.74, 6) is 0. The molecule has 0 fully saturated rings. The van der Waals surface area contributed by atoms with Crippen molar-refractivity contribution in [2.75, 3.05) is 0 Å². The molecule has 5 nitrogen and oxygen atoms in total. The van der Waals surface area contributed by atoms with Gasteiger partial charge in [0.15, 0.2) is 8.32 Å². The number of carbonyl (C=O) groups is 1. The number of carbonyl (C=O) groups excluding carboxylic acids is 1. The fourth-order valence-electron chi connectivity index (χ4n) is 3.32. The van der Waals surface area contributed by atoms with Gasteiger partial charge in [-0.1, -0.05) is 98.8 Å². The molecule has 0 heterocycles. The predicted molar refractivity (Wildman–Crippen MR) is 150 cm³/mol. The number of hydrogen-bond acceptors (Lipinski definition) is 5. The molecule has 0 unspecified atom stereocenters. The van der Waals surface area contributed by atoms with Gasteiger partial charge in [-0.15, -0.1) is 0 Å². The average Bonchev–Trinajstić information content (AvgIpc) is 2.82. The van der Waals surface area contributed by atoms with Crippen LogP contribution in [0.1, 0.15) is 38.0 Å². The molecule has 0 aliphatic rings. The molecule has 3 aromatic carbocycles. The molecule has 192 valence electrons. The highest BCUT2D eigenvalue weighted by molar-refractivity contribution is 8.13. The lowest BCUT2D eigenvalue weighted by molar-refractivity contribution is -0.114. The Morgan fingerprint density at radius 3 is 1.94 bits per heavy atom. The van der Waals surface area contributed by atoms with Crippen LogP contribution in [0.15, 0.2) is 94.7 Å². The lowest BCUT2D eigenvalue weighted by Gasteiger charge is -2.41. The normalized spacial score (nSPS) is 14.3. The zero-order valence-corrected chi connectivity index (χ0v) is 24.3. The summed E-state index contributed by atoms with van der Waals surface area (Å²) in [5.41, 5.74) is 1.70. The van der Waals surface area contributed by atoms with E-state index in [0.717, 1.165) is 27.8 Å². The molecule has 2 atom stereocenters. The Hall–Kier alpha value is -2.23. The Kier molecular flexibility index (Phi) is 9.00. The van der Waals surface area contributed by atoms with Crippen LogP contribution in [-0.2, 0) is 19.2 Å².